The molecule has 16 heavy (non-hydrogen) atoms. The first-order chi connectivity index (χ1) is 7.65. The number of rotatable bonds is 3. The summed E-state index contributed by atoms with van der Waals surface area (Å²) in [4.78, 5) is 0. The van der Waals surface area contributed by atoms with Gasteiger partial charge in [0.2, 0.25) is 0 Å². The first-order valence-electron chi connectivity index (χ1n) is 5.00. The maximum Gasteiger partial charge on any atom is 0.127 e. The number of nitrogens with one attached hydrogen (secondary N) is 1. The van der Waals surface area contributed by atoms with E-state index in [4.69, 9.17) is 5.73 Å². The predicted octanol–water partition coefficient (Wildman–Crippen LogP) is 3.64. The normalized spacial score (nSPS) is 12.4. The Kier molecular flexibility index (Phi) is 3.10. The quantitative estimate of drug-likeness (QED) is 0.798. The van der Waals surface area contributed by atoms with Gasteiger partial charge in [0.05, 0.1) is 0 Å². The van der Waals surface area contributed by atoms with Gasteiger partial charge in [-0.2, -0.15) is 11.3 Å². The van der Waals surface area contributed by atoms with E-state index in [2.05, 4.69) is 10.7 Å². The molecule has 0 amide bonds. The summed E-state index contributed by atoms with van der Waals surface area (Å²) in [5.41, 5.74) is 7.90. The molecule has 0 bridgehead atoms. The zero-order valence-electron chi connectivity index (χ0n) is 8.91. The minimum atomic E-state index is -0.319. The third-order valence-electron chi connectivity index (χ3n) is 2.35. The zero-order chi connectivity index (χ0) is 11.5. The van der Waals surface area contributed by atoms with Crippen LogP contribution < -0.4 is 11.1 Å². The molecule has 84 valence electrons. The van der Waals surface area contributed by atoms with Gasteiger partial charge in [0.15, 0.2) is 0 Å². The SMILES string of the molecule is CC(Nc1cc(N)cc(F)c1)c1ccsc1. The molecule has 0 aliphatic heterocycles. The second-order valence-corrected chi connectivity index (χ2v) is 4.48. The molecule has 0 spiro atoms. The maximum atomic E-state index is 13.1. The third kappa shape index (κ3) is 2.52. The van der Waals surface area contributed by atoms with Crippen LogP contribution in [-0.4, -0.2) is 0 Å². The van der Waals surface area contributed by atoms with Crippen molar-refractivity contribution in [1.29, 1.82) is 0 Å². The number of halogens is 1. The van der Waals surface area contributed by atoms with Crippen molar-refractivity contribution in [2.45, 2.75) is 13.0 Å². The van der Waals surface area contributed by atoms with Crippen LogP contribution in [-0.2, 0) is 0 Å². The topological polar surface area (TPSA) is 38.0 Å². The molecule has 3 N–H and O–H groups in total. The Hall–Kier alpha value is -1.55. The van der Waals surface area contributed by atoms with E-state index in [1.807, 2.05) is 18.4 Å². The van der Waals surface area contributed by atoms with Gasteiger partial charge < -0.3 is 11.1 Å². The average Bonchev–Trinajstić information content (AvgIpc) is 2.68. The summed E-state index contributed by atoms with van der Waals surface area (Å²) in [5, 5.41) is 7.30. The van der Waals surface area contributed by atoms with E-state index < -0.39 is 0 Å². The Morgan fingerprint density at radius 2 is 2.19 bits per heavy atom. The number of thiophene rings is 1. The Balaban J connectivity index is 2.15. The van der Waals surface area contributed by atoms with Gasteiger partial charge in [0, 0.05) is 17.4 Å². The first kappa shape index (κ1) is 11.0. The summed E-state index contributed by atoms with van der Waals surface area (Å²) >= 11 is 1.65. The molecule has 2 nitrogen and oxygen atoms in total. The van der Waals surface area contributed by atoms with Crippen LogP contribution in [0.3, 0.4) is 0 Å². The fourth-order valence-electron chi connectivity index (χ4n) is 1.55. The Bertz CT molecular complexity index is 448. The highest BCUT2D eigenvalue weighted by molar-refractivity contribution is 7.07. The summed E-state index contributed by atoms with van der Waals surface area (Å²) in [5.74, 6) is -0.319. The summed E-state index contributed by atoms with van der Waals surface area (Å²) in [6, 6.07) is 6.67. The van der Waals surface area contributed by atoms with Gasteiger partial charge in [-0.05, 0) is 47.5 Å². The highest BCUT2D eigenvalue weighted by Gasteiger charge is 2.06. The molecule has 4 heteroatoms. The maximum absolute atomic E-state index is 13.1. The standard InChI is InChI=1S/C12H13FN2S/c1-8(9-2-3-16-7-9)15-12-5-10(13)4-11(14)6-12/h2-8,15H,14H2,1H3. The Morgan fingerprint density at radius 3 is 2.81 bits per heavy atom. The van der Waals surface area contributed by atoms with E-state index in [1.165, 1.54) is 17.7 Å². The fraction of sp³-hybridized carbons (Fsp3) is 0.167. The average molecular weight is 236 g/mol. The van der Waals surface area contributed by atoms with Crippen molar-refractivity contribution in [3.05, 3.63) is 46.4 Å². The summed E-state index contributed by atoms with van der Waals surface area (Å²) in [7, 11) is 0. The van der Waals surface area contributed by atoms with Crippen LogP contribution in [0.1, 0.15) is 18.5 Å². The monoisotopic (exact) mass is 236 g/mol. The van der Waals surface area contributed by atoms with E-state index >= 15 is 0 Å². The molecule has 1 unspecified atom stereocenters. The molecule has 0 saturated carbocycles. The van der Waals surface area contributed by atoms with Gasteiger partial charge in [-0.15, -0.1) is 0 Å². The number of hydrogen-bond acceptors (Lipinski definition) is 3. The lowest BCUT2D eigenvalue weighted by Crippen LogP contribution is -2.06. The lowest BCUT2D eigenvalue weighted by Gasteiger charge is -2.14. The molecule has 1 aromatic heterocycles. The van der Waals surface area contributed by atoms with Gasteiger partial charge in [0.25, 0.3) is 0 Å². The minimum absolute atomic E-state index is 0.146. The molecular formula is C12H13FN2S. The van der Waals surface area contributed by atoms with Crippen molar-refractivity contribution in [3.8, 4) is 0 Å². The van der Waals surface area contributed by atoms with Gasteiger partial charge in [0.1, 0.15) is 5.82 Å². The van der Waals surface area contributed by atoms with E-state index in [0.717, 1.165) is 0 Å². The molecule has 0 aliphatic carbocycles. The second-order valence-electron chi connectivity index (χ2n) is 3.70. The number of nitrogen functional groups attached to an aromatic ring is 1. The number of anilines is 2. The van der Waals surface area contributed by atoms with Gasteiger partial charge >= 0.3 is 0 Å². The van der Waals surface area contributed by atoms with Crippen molar-refractivity contribution in [2.75, 3.05) is 11.1 Å². The van der Waals surface area contributed by atoms with Crippen LogP contribution in [0.15, 0.2) is 35.0 Å². The number of nitrogens with two attached hydrogens (primary N) is 1. The molecule has 2 aromatic rings. The zero-order valence-corrected chi connectivity index (χ0v) is 9.72. The van der Waals surface area contributed by atoms with Crippen LogP contribution >= 0.6 is 11.3 Å². The lowest BCUT2D eigenvalue weighted by atomic mass is 10.1. The Morgan fingerprint density at radius 1 is 1.38 bits per heavy atom. The van der Waals surface area contributed by atoms with Crippen molar-refractivity contribution in [2.24, 2.45) is 0 Å². The van der Waals surface area contributed by atoms with E-state index in [0.29, 0.717) is 11.4 Å². The molecule has 0 aliphatic rings. The minimum Gasteiger partial charge on any atom is -0.399 e. The summed E-state index contributed by atoms with van der Waals surface area (Å²) in [6.45, 7) is 2.03. The highest BCUT2D eigenvalue weighted by Crippen LogP contribution is 2.23. The van der Waals surface area contributed by atoms with Crippen LogP contribution in [0.4, 0.5) is 15.8 Å². The molecule has 0 radical (unpaired) electrons. The molecular weight excluding hydrogens is 223 g/mol. The highest BCUT2D eigenvalue weighted by atomic mass is 32.1. The number of benzene rings is 1. The fourth-order valence-corrected chi connectivity index (χ4v) is 2.30. The largest absolute Gasteiger partial charge is 0.399 e. The van der Waals surface area contributed by atoms with Crippen molar-refractivity contribution >= 4 is 22.7 Å². The van der Waals surface area contributed by atoms with Crippen LogP contribution in [0.25, 0.3) is 0 Å². The van der Waals surface area contributed by atoms with Crippen LogP contribution in [0.5, 0.6) is 0 Å². The molecule has 1 aromatic carbocycles. The van der Waals surface area contributed by atoms with Crippen LogP contribution in [0.2, 0.25) is 0 Å². The molecule has 1 atom stereocenters. The lowest BCUT2D eigenvalue weighted by molar-refractivity contribution is 0.628. The van der Waals surface area contributed by atoms with E-state index in [1.54, 1.807) is 17.4 Å². The van der Waals surface area contributed by atoms with Gasteiger partial charge in [-0.1, -0.05) is 0 Å². The summed E-state index contributed by atoms with van der Waals surface area (Å²) in [6.07, 6.45) is 0. The van der Waals surface area contributed by atoms with Gasteiger partial charge in [-0.25, -0.2) is 4.39 Å². The van der Waals surface area contributed by atoms with Crippen molar-refractivity contribution < 1.29 is 4.39 Å². The van der Waals surface area contributed by atoms with Crippen molar-refractivity contribution in [3.63, 3.8) is 0 Å². The molecule has 0 saturated heterocycles. The summed E-state index contributed by atoms with van der Waals surface area (Å²) < 4.78 is 13.1. The van der Waals surface area contributed by atoms with E-state index in [9.17, 15) is 4.39 Å². The molecule has 2 rings (SSSR count). The molecule has 0 fully saturated rings. The first-order valence-corrected chi connectivity index (χ1v) is 5.94. The smallest absolute Gasteiger partial charge is 0.127 e. The number of hydrogen-bond donors (Lipinski definition) is 2. The predicted molar refractivity (Wildman–Crippen MR) is 67.2 cm³/mol. The van der Waals surface area contributed by atoms with Crippen molar-refractivity contribution in [1.82, 2.24) is 0 Å². The third-order valence-corrected chi connectivity index (χ3v) is 3.05. The van der Waals surface area contributed by atoms with E-state index in [-0.39, 0.29) is 11.9 Å². The second kappa shape index (κ2) is 4.53. The molecule has 1 heterocycles. The van der Waals surface area contributed by atoms with Crippen LogP contribution in [0, 0.1) is 5.82 Å². The Labute approximate surface area is 97.9 Å². The van der Waals surface area contributed by atoms with Gasteiger partial charge in [-0.3, -0.25) is 0 Å².